The van der Waals surface area contributed by atoms with Crippen LogP contribution in [0.1, 0.15) is 35.7 Å². The van der Waals surface area contributed by atoms with Crippen molar-refractivity contribution in [2.75, 3.05) is 11.8 Å². The Morgan fingerprint density at radius 1 is 1.33 bits per heavy atom. The third kappa shape index (κ3) is 4.70. The molecule has 0 saturated carbocycles. The Kier molecular flexibility index (Phi) is 7.17. The maximum Gasteiger partial charge on any atom is 0.317 e. The Hall–Kier alpha value is -0.580. The molecular weight excluding hydrogens is 338 g/mol. The van der Waals surface area contributed by atoms with Gasteiger partial charge in [-0.15, -0.1) is 23.2 Å². The van der Waals surface area contributed by atoms with Crippen molar-refractivity contribution in [2.45, 2.75) is 25.4 Å². The smallest absolute Gasteiger partial charge is 0.317 e. The molecule has 0 bridgehead atoms. The number of phenols is 1. The number of hydrogen-bond acceptors (Lipinski definition) is 4. The van der Waals surface area contributed by atoms with Gasteiger partial charge in [0.2, 0.25) is 0 Å². The molecule has 0 radical (unpaired) electrons. The van der Waals surface area contributed by atoms with Crippen molar-refractivity contribution in [2.24, 2.45) is 0 Å². The molecule has 8 heteroatoms. The lowest BCUT2D eigenvalue weighted by molar-refractivity contribution is 0.0553. The van der Waals surface area contributed by atoms with E-state index >= 15 is 0 Å². The van der Waals surface area contributed by atoms with Crippen molar-refractivity contribution in [1.29, 1.82) is 0 Å². The second kappa shape index (κ2) is 8.16. The number of alkyl halides is 2. The minimum atomic E-state index is -3.24. The molecule has 0 aliphatic carbocycles. The molecule has 5 nitrogen and oxygen atoms in total. The Morgan fingerprint density at radius 2 is 1.90 bits per heavy atom. The summed E-state index contributed by atoms with van der Waals surface area (Å²) in [4.78, 5) is 20.7. The number of hydrogen-bond donors (Lipinski definition) is 2. The molecule has 1 rings (SSSR count). The van der Waals surface area contributed by atoms with Crippen molar-refractivity contribution in [1.82, 2.24) is 0 Å². The summed E-state index contributed by atoms with van der Waals surface area (Å²) in [6, 6.07) is 4.33. The van der Waals surface area contributed by atoms with Crippen LogP contribution in [0.5, 0.6) is 5.75 Å². The molecule has 1 aromatic rings. The van der Waals surface area contributed by atoms with Gasteiger partial charge in [-0.2, -0.15) is 0 Å². The fourth-order valence-electron chi connectivity index (χ4n) is 2.15. The molecule has 0 fully saturated rings. The van der Waals surface area contributed by atoms with Crippen molar-refractivity contribution in [3.8, 4) is 5.75 Å². The first kappa shape index (κ1) is 18.5. The van der Waals surface area contributed by atoms with Crippen LogP contribution in [0, 0.1) is 0 Å². The summed E-state index contributed by atoms with van der Waals surface area (Å²) in [6.07, 6.45) is 0.501. The first-order chi connectivity index (χ1) is 9.86. The predicted molar refractivity (Wildman–Crippen MR) is 82.8 cm³/mol. The molecule has 21 heavy (non-hydrogen) atoms. The van der Waals surface area contributed by atoms with E-state index in [1.807, 2.05) is 0 Å². The molecule has 0 aliphatic rings. The van der Waals surface area contributed by atoms with Gasteiger partial charge in [-0.1, -0.05) is 6.07 Å². The second-order valence-corrected chi connectivity index (χ2v) is 6.02. The lowest BCUT2D eigenvalue weighted by Crippen LogP contribution is -2.29. The monoisotopic (exact) mass is 354 g/mol. The maximum atomic E-state index is 11.5. The molecule has 0 aromatic heterocycles. The van der Waals surface area contributed by atoms with Crippen LogP contribution in [0.2, 0.25) is 0 Å². The molecule has 118 valence electrons. The SMILES string of the molecule is CC(=O)c1cc(C(CCCl)(CCCl)O[PH](=O)O)ccc1O. The highest BCUT2D eigenvalue weighted by Crippen LogP contribution is 2.42. The highest BCUT2D eigenvalue weighted by Gasteiger charge is 2.35. The van der Waals surface area contributed by atoms with Crippen LogP contribution >= 0.6 is 31.5 Å². The summed E-state index contributed by atoms with van der Waals surface area (Å²) in [5.74, 6) is -0.116. The quantitative estimate of drug-likeness (QED) is 0.424. The van der Waals surface area contributed by atoms with Crippen molar-refractivity contribution >= 4 is 37.2 Å². The zero-order chi connectivity index (χ0) is 16.0. The normalized spacial score (nSPS) is 13.1. The molecule has 0 saturated heterocycles. The summed E-state index contributed by atoms with van der Waals surface area (Å²) >= 11 is 11.6. The molecule has 0 heterocycles. The Bertz CT molecular complexity index is 529. The number of benzene rings is 1. The van der Waals surface area contributed by atoms with E-state index in [4.69, 9.17) is 32.6 Å². The zero-order valence-corrected chi connectivity index (χ0v) is 13.9. The average molecular weight is 355 g/mol. The molecule has 0 amide bonds. The fraction of sp³-hybridized carbons (Fsp3) is 0.462. The Morgan fingerprint density at radius 3 is 2.33 bits per heavy atom. The number of rotatable bonds is 8. The van der Waals surface area contributed by atoms with E-state index < -0.39 is 13.9 Å². The number of aromatic hydroxyl groups is 1. The summed E-state index contributed by atoms with van der Waals surface area (Å²) in [5.41, 5.74) is -0.562. The predicted octanol–water partition coefficient (Wildman–Crippen LogP) is 3.45. The van der Waals surface area contributed by atoms with E-state index in [-0.39, 0.29) is 41.7 Å². The van der Waals surface area contributed by atoms with Crippen LogP contribution in [0.25, 0.3) is 0 Å². The summed E-state index contributed by atoms with van der Waals surface area (Å²) in [5, 5.41) is 9.69. The van der Waals surface area contributed by atoms with E-state index in [0.717, 1.165) is 0 Å². The number of halogens is 2. The van der Waals surface area contributed by atoms with Crippen molar-refractivity contribution in [3.63, 3.8) is 0 Å². The van der Waals surface area contributed by atoms with Crippen LogP contribution in [-0.2, 0) is 14.7 Å². The van der Waals surface area contributed by atoms with E-state index in [2.05, 4.69) is 0 Å². The summed E-state index contributed by atoms with van der Waals surface area (Å²) in [6.45, 7) is 1.32. The molecule has 1 unspecified atom stereocenters. The van der Waals surface area contributed by atoms with Crippen molar-refractivity contribution < 1.29 is 23.9 Å². The topological polar surface area (TPSA) is 83.8 Å². The lowest BCUT2D eigenvalue weighted by atomic mass is 9.87. The highest BCUT2D eigenvalue weighted by molar-refractivity contribution is 7.32. The van der Waals surface area contributed by atoms with Crippen molar-refractivity contribution in [3.05, 3.63) is 29.3 Å². The Balaban J connectivity index is 3.39. The van der Waals surface area contributed by atoms with E-state index in [9.17, 15) is 14.5 Å². The zero-order valence-electron chi connectivity index (χ0n) is 11.4. The molecule has 1 atom stereocenters. The molecule has 1 aromatic carbocycles. The van der Waals surface area contributed by atoms with E-state index in [0.29, 0.717) is 5.56 Å². The van der Waals surface area contributed by atoms with Crippen LogP contribution in [-0.4, -0.2) is 27.5 Å². The minimum Gasteiger partial charge on any atom is -0.507 e. The molecule has 0 aliphatic heterocycles. The number of ketones is 1. The van der Waals surface area contributed by atoms with Crippen LogP contribution in [0.3, 0.4) is 0 Å². The fourth-order valence-corrected chi connectivity index (χ4v) is 3.42. The minimum absolute atomic E-state index is 0.113. The van der Waals surface area contributed by atoms with E-state index in [1.54, 1.807) is 0 Å². The first-order valence-electron chi connectivity index (χ1n) is 6.24. The summed E-state index contributed by atoms with van der Waals surface area (Å²) in [7, 11) is -3.24. The van der Waals surface area contributed by atoms with Crippen LogP contribution in [0.15, 0.2) is 18.2 Å². The third-order valence-electron chi connectivity index (χ3n) is 3.18. The van der Waals surface area contributed by atoms with E-state index in [1.165, 1.54) is 25.1 Å². The second-order valence-electron chi connectivity index (χ2n) is 4.53. The van der Waals surface area contributed by atoms with Gasteiger partial charge in [0.1, 0.15) is 11.4 Å². The average Bonchev–Trinajstić information content (AvgIpc) is 2.38. The summed E-state index contributed by atoms with van der Waals surface area (Å²) < 4.78 is 16.4. The van der Waals surface area contributed by atoms with Gasteiger partial charge in [0.15, 0.2) is 5.78 Å². The third-order valence-corrected chi connectivity index (χ3v) is 4.12. The number of Topliss-reactive ketones (excluding diaryl/α,β-unsaturated/α-hetero) is 1. The number of phenolic OH excluding ortho intramolecular Hbond substituents is 1. The van der Waals surface area contributed by atoms with Crippen LogP contribution < -0.4 is 0 Å². The van der Waals surface area contributed by atoms with Gasteiger partial charge in [0.05, 0.1) is 5.56 Å². The number of carbonyl (C=O) groups is 1. The molecular formula is C13H17Cl2O5P. The Labute approximate surface area is 133 Å². The largest absolute Gasteiger partial charge is 0.507 e. The maximum absolute atomic E-state index is 11.5. The number of carbonyl (C=O) groups excluding carboxylic acids is 1. The van der Waals surface area contributed by atoms with Gasteiger partial charge in [-0.3, -0.25) is 13.9 Å². The van der Waals surface area contributed by atoms with Gasteiger partial charge in [0.25, 0.3) is 0 Å². The molecule has 2 N–H and O–H groups in total. The first-order valence-corrected chi connectivity index (χ1v) is 8.58. The standard InChI is InChI=1S/C13H17Cl2O5P/c1-9(16)11-8-10(2-3-12(11)17)13(4-6-14,5-7-15)20-21(18)19/h2-3,8,17,21H,4-7H2,1H3,(H,18,19). The van der Waals surface area contributed by atoms with Gasteiger partial charge >= 0.3 is 8.25 Å². The lowest BCUT2D eigenvalue weighted by Gasteiger charge is -2.32. The van der Waals surface area contributed by atoms with Gasteiger partial charge in [-0.05, 0) is 37.5 Å². The highest BCUT2D eigenvalue weighted by atomic mass is 35.5. The van der Waals surface area contributed by atoms with Gasteiger partial charge in [0, 0.05) is 11.8 Å². The van der Waals surface area contributed by atoms with Crippen LogP contribution in [0.4, 0.5) is 0 Å². The molecule has 0 spiro atoms. The van der Waals surface area contributed by atoms with Gasteiger partial charge < -0.3 is 10.00 Å². The van der Waals surface area contributed by atoms with Gasteiger partial charge in [-0.25, -0.2) is 0 Å².